The second-order valence-electron chi connectivity index (χ2n) is 2.52. The average Bonchev–Trinajstić information content (AvgIpc) is 2.33. The van der Waals surface area contributed by atoms with E-state index in [1.54, 1.807) is 6.20 Å². The molecule has 2 aromatic rings. The first-order valence-corrected chi connectivity index (χ1v) is 3.91. The molecule has 0 fully saturated rings. The van der Waals surface area contributed by atoms with Crippen LogP contribution in [0.25, 0.3) is 11.2 Å². The van der Waals surface area contributed by atoms with Crippen molar-refractivity contribution in [3.05, 3.63) is 12.4 Å². The molecule has 0 amide bonds. The highest BCUT2D eigenvalue weighted by Gasteiger charge is 2.13. The largest absolute Gasteiger partial charge is 0.321 e. The summed E-state index contributed by atoms with van der Waals surface area (Å²) >= 11 is 0. The SMILES string of the molecule is Bc1c[n+](O)c2cnn(P)c2n1. The molecule has 0 bridgehead atoms. The third-order valence-electron chi connectivity index (χ3n) is 1.59. The smallest absolute Gasteiger partial charge is 0.284 e. The van der Waals surface area contributed by atoms with Crippen molar-refractivity contribution in [1.29, 1.82) is 0 Å². The molecule has 0 spiro atoms. The summed E-state index contributed by atoms with van der Waals surface area (Å²) < 4.78 is 2.56. The van der Waals surface area contributed by atoms with Crippen molar-refractivity contribution in [2.45, 2.75) is 0 Å². The Morgan fingerprint density at radius 1 is 1.67 bits per heavy atom. The van der Waals surface area contributed by atoms with Gasteiger partial charge in [0, 0.05) is 4.73 Å². The van der Waals surface area contributed by atoms with Gasteiger partial charge >= 0.3 is 5.52 Å². The maximum absolute atomic E-state index is 9.38. The van der Waals surface area contributed by atoms with E-state index in [9.17, 15) is 5.21 Å². The van der Waals surface area contributed by atoms with Crippen LogP contribution in [0.3, 0.4) is 0 Å². The lowest BCUT2D eigenvalue weighted by Crippen LogP contribution is -2.35. The minimum absolute atomic E-state index is 0.593. The van der Waals surface area contributed by atoms with Gasteiger partial charge in [0.1, 0.15) is 6.20 Å². The number of fused-ring (bicyclic) bond motifs is 1. The quantitative estimate of drug-likeness (QED) is 0.218. The molecule has 1 N–H and O–H groups in total. The van der Waals surface area contributed by atoms with Crippen LogP contribution in [-0.4, -0.2) is 27.6 Å². The fourth-order valence-corrected chi connectivity index (χ4v) is 1.32. The van der Waals surface area contributed by atoms with E-state index >= 15 is 0 Å². The zero-order valence-corrected chi connectivity index (χ0v) is 7.62. The minimum Gasteiger partial charge on any atom is -0.284 e. The van der Waals surface area contributed by atoms with Crippen LogP contribution in [0, 0.1) is 0 Å². The summed E-state index contributed by atoms with van der Waals surface area (Å²) in [6.07, 6.45) is 3.09. The zero-order valence-electron chi connectivity index (χ0n) is 6.47. The van der Waals surface area contributed by atoms with Crippen molar-refractivity contribution in [2.75, 3.05) is 0 Å². The van der Waals surface area contributed by atoms with E-state index in [2.05, 4.69) is 19.5 Å². The van der Waals surface area contributed by atoms with Crippen molar-refractivity contribution in [1.82, 2.24) is 14.5 Å². The normalized spacial score (nSPS) is 10.8. The van der Waals surface area contributed by atoms with Crippen LogP contribution in [-0.2, 0) is 0 Å². The summed E-state index contributed by atoms with van der Waals surface area (Å²) in [5, 5.41) is 13.3. The monoisotopic (exact) mass is 181 g/mol. The molecule has 7 heteroatoms. The van der Waals surface area contributed by atoms with E-state index in [-0.39, 0.29) is 0 Å². The van der Waals surface area contributed by atoms with E-state index in [0.717, 1.165) is 10.3 Å². The Labute approximate surface area is 71.7 Å². The third-order valence-corrected chi connectivity index (χ3v) is 1.97. The second kappa shape index (κ2) is 2.42. The molecule has 1 unspecified atom stereocenters. The lowest BCUT2D eigenvalue weighted by Gasteiger charge is -1.91. The van der Waals surface area contributed by atoms with Crippen LogP contribution >= 0.6 is 9.39 Å². The van der Waals surface area contributed by atoms with Gasteiger partial charge in [0.05, 0.1) is 5.59 Å². The summed E-state index contributed by atoms with van der Waals surface area (Å²) in [7, 11) is 4.20. The maximum atomic E-state index is 9.38. The van der Waals surface area contributed by atoms with Gasteiger partial charge in [0.15, 0.2) is 7.85 Å². The van der Waals surface area contributed by atoms with E-state index in [0.29, 0.717) is 11.2 Å². The van der Waals surface area contributed by atoms with Gasteiger partial charge in [0.25, 0.3) is 0 Å². The van der Waals surface area contributed by atoms with E-state index in [1.807, 2.05) is 7.85 Å². The summed E-state index contributed by atoms with van der Waals surface area (Å²) in [5.74, 6) is 0. The zero-order chi connectivity index (χ0) is 8.72. The Morgan fingerprint density at radius 3 is 3.17 bits per heavy atom. The number of aromatic nitrogens is 4. The van der Waals surface area contributed by atoms with Gasteiger partial charge < -0.3 is 0 Å². The molecule has 2 aromatic heterocycles. The molecule has 60 valence electrons. The molecule has 0 aromatic carbocycles. The Morgan fingerprint density at radius 2 is 2.42 bits per heavy atom. The molecule has 12 heavy (non-hydrogen) atoms. The number of nitrogens with zero attached hydrogens (tertiary/aromatic N) is 4. The Kier molecular flexibility index (Phi) is 1.51. The summed E-state index contributed by atoms with van der Waals surface area (Å²) in [4.78, 5) is 4.19. The molecule has 0 aliphatic carbocycles. The summed E-state index contributed by atoms with van der Waals surface area (Å²) in [6.45, 7) is 0. The summed E-state index contributed by atoms with van der Waals surface area (Å²) in [6, 6.07) is 0. The molecule has 2 heterocycles. The van der Waals surface area contributed by atoms with Crippen LogP contribution < -0.4 is 10.3 Å². The average molecular weight is 181 g/mol. The van der Waals surface area contributed by atoms with Gasteiger partial charge in [0.2, 0.25) is 11.8 Å². The lowest BCUT2D eigenvalue weighted by molar-refractivity contribution is -0.884. The predicted octanol–water partition coefficient (Wildman–Crippen LogP) is -2.15. The highest BCUT2D eigenvalue weighted by molar-refractivity contribution is 7.14. The van der Waals surface area contributed by atoms with Gasteiger partial charge in [-0.15, -0.1) is 0 Å². The first-order chi connectivity index (χ1) is 5.68. The maximum Gasteiger partial charge on any atom is 0.321 e. The molecule has 5 nitrogen and oxygen atoms in total. The third kappa shape index (κ3) is 0.957. The van der Waals surface area contributed by atoms with Crippen LogP contribution in [0.2, 0.25) is 0 Å². The number of hydrogen-bond donors (Lipinski definition) is 1. The van der Waals surface area contributed by atoms with Gasteiger partial charge in [-0.2, -0.15) is 5.10 Å². The first kappa shape index (κ1) is 7.49. The lowest BCUT2D eigenvalue weighted by atomic mass is 10.1. The van der Waals surface area contributed by atoms with Gasteiger partial charge in [-0.05, 0) is 9.39 Å². The molecule has 0 aliphatic rings. The highest BCUT2D eigenvalue weighted by atomic mass is 31.0. The highest BCUT2D eigenvalue weighted by Crippen LogP contribution is 2.05. The van der Waals surface area contributed by atoms with Gasteiger partial charge in [-0.3, -0.25) is 5.21 Å². The van der Waals surface area contributed by atoms with E-state index in [1.165, 1.54) is 10.6 Å². The fraction of sp³-hybridized carbons (Fsp3) is 0. The van der Waals surface area contributed by atoms with E-state index in [4.69, 9.17) is 0 Å². The molecule has 2 rings (SSSR count). The van der Waals surface area contributed by atoms with Crippen LogP contribution in [0.15, 0.2) is 12.4 Å². The Hall–Kier alpha value is -1.16. The van der Waals surface area contributed by atoms with Crippen LogP contribution in [0.5, 0.6) is 0 Å². The Bertz CT molecular complexity index is 442. The first-order valence-electron chi connectivity index (χ1n) is 3.40. The van der Waals surface area contributed by atoms with Crippen molar-refractivity contribution >= 4 is 34.0 Å². The molecule has 0 saturated carbocycles. The molecule has 1 atom stereocenters. The standard InChI is InChI=1S/C5H7BN4OP/c6-4-2-9(11)3-1-7-10(12)5(3)8-4/h1-2H,6,12H2,(H,8,11)/q+1. The topological polar surface area (TPSA) is 54.8 Å². The van der Waals surface area contributed by atoms with Crippen molar-refractivity contribution in [3.63, 3.8) is 0 Å². The minimum atomic E-state index is 0.593. The summed E-state index contributed by atoms with van der Waals surface area (Å²) in [5.41, 5.74) is 1.98. The Balaban J connectivity index is 2.92. The molecular formula is C5H7BN4OP+. The predicted molar refractivity (Wildman–Crippen MR) is 48.2 cm³/mol. The molecular weight excluding hydrogens is 174 g/mol. The van der Waals surface area contributed by atoms with Crippen molar-refractivity contribution < 1.29 is 9.94 Å². The molecule has 0 radical (unpaired) electrons. The van der Waals surface area contributed by atoms with Crippen LogP contribution in [0.1, 0.15) is 0 Å². The fourth-order valence-electron chi connectivity index (χ4n) is 1.06. The second-order valence-corrected chi connectivity index (χ2v) is 3.01. The number of hydrogen-bond acceptors (Lipinski definition) is 3. The van der Waals surface area contributed by atoms with Gasteiger partial charge in [-0.25, -0.2) is 9.44 Å². The van der Waals surface area contributed by atoms with E-state index < -0.39 is 0 Å². The molecule has 0 aliphatic heterocycles. The van der Waals surface area contributed by atoms with Crippen molar-refractivity contribution in [2.24, 2.45) is 0 Å². The number of rotatable bonds is 0. The van der Waals surface area contributed by atoms with Crippen molar-refractivity contribution in [3.8, 4) is 0 Å². The van der Waals surface area contributed by atoms with Gasteiger partial charge in [-0.1, -0.05) is 0 Å². The van der Waals surface area contributed by atoms with Crippen LogP contribution in [0.4, 0.5) is 0 Å². The molecule has 0 saturated heterocycles.